The van der Waals surface area contributed by atoms with Gasteiger partial charge in [-0.1, -0.05) is 72.2 Å². The van der Waals surface area contributed by atoms with Crippen LogP contribution in [0.5, 0.6) is 0 Å². The Morgan fingerprint density at radius 3 is 2.23 bits per heavy atom. The molecule has 2 rings (SSSR count). The monoisotopic (exact) mass is 360 g/mol. The summed E-state index contributed by atoms with van der Waals surface area (Å²) in [5.74, 6) is -0.526. The van der Waals surface area contributed by atoms with E-state index in [0.717, 1.165) is 15.6 Å². The molecule has 0 fully saturated rings. The van der Waals surface area contributed by atoms with Gasteiger partial charge in [0.25, 0.3) is 0 Å². The van der Waals surface area contributed by atoms with Crippen molar-refractivity contribution in [2.75, 3.05) is 6.61 Å². The highest BCUT2D eigenvalue weighted by Gasteiger charge is 2.38. The van der Waals surface area contributed by atoms with Gasteiger partial charge in [0.1, 0.15) is 0 Å². The number of esters is 1. The maximum atomic E-state index is 12.6. The first-order chi connectivity index (χ1) is 10.5. The maximum Gasteiger partial charge on any atom is 0.314 e. The van der Waals surface area contributed by atoms with Crippen LogP contribution < -0.4 is 0 Å². The van der Waals surface area contributed by atoms with E-state index in [1.165, 1.54) is 0 Å². The summed E-state index contributed by atoms with van der Waals surface area (Å²) in [4.78, 5) is 12.6. The number of ether oxygens (including phenoxy) is 1. The normalized spacial score (nSPS) is 12.7. The maximum absolute atomic E-state index is 12.6. The first kappa shape index (κ1) is 16.8. The predicted octanol–water partition coefficient (Wildman–Crippen LogP) is 5.07. The summed E-state index contributed by atoms with van der Waals surface area (Å²) in [5, 5.41) is 0. The fourth-order valence-electron chi connectivity index (χ4n) is 2.76. The molecule has 0 aliphatic heterocycles. The van der Waals surface area contributed by atoms with E-state index >= 15 is 0 Å². The van der Waals surface area contributed by atoms with Crippen molar-refractivity contribution in [1.29, 1.82) is 0 Å². The lowest BCUT2D eigenvalue weighted by molar-refractivity contribution is -0.146. The zero-order valence-corrected chi connectivity index (χ0v) is 14.8. The number of carbonyl (C=O) groups is 1. The van der Waals surface area contributed by atoms with Gasteiger partial charge in [-0.15, -0.1) is 0 Å². The molecule has 0 saturated heterocycles. The van der Waals surface area contributed by atoms with Crippen molar-refractivity contribution in [3.63, 3.8) is 0 Å². The second kappa shape index (κ2) is 7.10. The molecule has 0 bridgehead atoms. The molecule has 0 aliphatic carbocycles. The Hall–Kier alpha value is -1.61. The van der Waals surface area contributed by atoms with Gasteiger partial charge in [-0.05, 0) is 30.2 Å². The highest BCUT2D eigenvalue weighted by molar-refractivity contribution is 9.10. The van der Waals surface area contributed by atoms with Crippen LogP contribution in [0, 0.1) is 0 Å². The number of benzene rings is 2. The minimum absolute atomic E-state index is 0.182. The summed E-state index contributed by atoms with van der Waals surface area (Å²) in [6.45, 7) is 6.40. The van der Waals surface area contributed by atoms with Gasteiger partial charge >= 0.3 is 5.97 Å². The van der Waals surface area contributed by atoms with E-state index in [-0.39, 0.29) is 17.3 Å². The smallest absolute Gasteiger partial charge is 0.314 e. The average molecular weight is 361 g/mol. The van der Waals surface area contributed by atoms with Gasteiger partial charge in [0.2, 0.25) is 0 Å². The van der Waals surface area contributed by atoms with Crippen LogP contribution in [0.25, 0.3) is 0 Å². The average Bonchev–Trinajstić information content (AvgIpc) is 2.50. The van der Waals surface area contributed by atoms with E-state index in [4.69, 9.17) is 4.74 Å². The van der Waals surface area contributed by atoms with Crippen LogP contribution in [-0.2, 0) is 14.9 Å². The summed E-state index contributed by atoms with van der Waals surface area (Å²) in [5.41, 5.74) is 1.73. The van der Waals surface area contributed by atoms with Crippen LogP contribution in [-0.4, -0.2) is 12.6 Å². The number of rotatable bonds is 5. The summed E-state index contributed by atoms with van der Waals surface area (Å²) >= 11 is 3.44. The minimum Gasteiger partial charge on any atom is -0.465 e. The molecule has 116 valence electrons. The third kappa shape index (κ3) is 3.58. The van der Waals surface area contributed by atoms with Crippen molar-refractivity contribution in [3.8, 4) is 0 Å². The summed E-state index contributed by atoms with van der Waals surface area (Å²) in [6.07, 6.45) is 0. The Morgan fingerprint density at radius 1 is 1.09 bits per heavy atom. The largest absolute Gasteiger partial charge is 0.465 e. The number of carbonyl (C=O) groups excluding carboxylic acids is 1. The van der Waals surface area contributed by atoms with Crippen molar-refractivity contribution in [3.05, 3.63) is 70.2 Å². The lowest BCUT2D eigenvalue weighted by Gasteiger charge is -2.33. The topological polar surface area (TPSA) is 26.3 Å². The van der Waals surface area contributed by atoms with Gasteiger partial charge in [-0.25, -0.2) is 0 Å². The second-order valence-corrected chi connectivity index (χ2v) is 6.74. The zero-order chi connectivity index (χ0) is 16.2. The van der Waals surface area contributed by atoms with Gasteiger partial charge in [-0.3, -0.25) is 4.79 Å². The van der Waals surface area contributed by atoms with Crippen LogP contribution in [0.15, 0.2) is 59.1 Å². The molecule has 2 aromatic carbocycles. The fourth-order valence-corrected chi connectivity index (χ4v) is 3.03. The van der Waals surface area contributed by atoms with Gasteiger partial charge in [0.05, 0.1) is 12.5 Å². The zero-order valence-electron chi connectivity index (χ0n) is 13.2. The van der Waals surface area contributed by atoms with E-state index in [2.05, 4.69) is 41.9 Å². The highest BCUT2D eigenvalue weighted by atomic mass is 79.9. The lowest BCUT2D eigenvalue weighted by Crippen LogP contribution is -2.34. The second-order valence-electron chi connectivity index (χ2n) is 5.82. The molecule has 0 aromatic heterocycles. The Morgan fingerprint density at radius 2 is 1.68 bits per heavy atom. The van der Waals surface area contributed by atoms with Crippen molar-refractivity contribution in [1.82, 2.24) is 0 Å². The Balaban J connectivity index is 2.48. The van der Waals surface area contributed by atoms with Crippen LogP contribution in [0.3, 0.4) is 0 Å². The van der Waals surface area contributed by atoms with Gasteiger partial charge < -0.3 is 4.74 Å². The van der Waals surface area contributed by atoms with Crippen molar-refractivity contribution in [2.24, 2.45) is 0 Å². The Labute approximate surface area is 140 Å². The molecule has 22 heavy (non-hydrogen) atoms. The first-order valence-corrected chi connectivity index (χ1v) is 8.23. The fraction of sp³-hybridized carbons (Fsp3) is 0.316. The molecule has 1 atom stereocenters. The number of hydrogen-bond acceptors (Lipinski definition) is 2. The molecule has 0 N–H and O–H groups in total. The van der Waals surface area contributed by atoms with E-state index in [9.17, 15) is 4.79 Å². The molecule has 0 spiro atoms. The quantitative estimate of drug-likeness (QED) is 0.695. The molecule has 0 aliphatic rings. The molecular weight excluding hydrogens is 340 g/mol. The van der Waals surface area contributed by atoms with Crippen LogP contribution in [0.2, 0.25) is 0 Å². The predicted molar refractivity (Wildman–Crippen MR) is 93.0 cm³/mol. The van der Waals surface area contributed by atoms with Crippen molar-refractivity contribution < 1.29 is 9.53 Å². The molecular formula is C19H21BrO2. The number of hydrogen-bond donors (Lipinski definition) is 0. The van der Waals surface area contributed by atoms with E-state index in [1.807, 2.05) is 49.4 Å². The SMILES string of the molecule is CCOC(=O)[C@H](c1ccc(Br)cc1)C(C)(C)c1ccccc1. The van der Waals surface area contributed by atoms with Crippen LogP contribution >= 0.6 is 15.9 Å². The first-order valence-electron chi connectivity index (χ1n) is 7.44. The molecule has 3 heteroatoms. The van der Waals surface area contributed by atoms with Gasteiger partial charge in [0, 0.05) is 9.89 Å². The Kier molecular flexibility index (Phi) is 5.41. The molecule has 0 saturated carbocycles. The minimum atomic E-state index is -0.360. The molecule has 0 unspecified atom stereocenters. The third-order valence-corrected chi connectivity index (χ3v) is 4.49. The summed E-state index contributed by atoms with van der Waals surface area (Å²) in [6, 6.07) is 18.0. The van der Waals surface area contributed by atoms with Gasteiger partial charge in [-0.2, -0.15) is 0 Å². The van der Waals surface area contributed by atoms with E-state index < -0.39 is 0 Å². The highest BCUT2D eigenvalue weighted by Crippen LogP contribution is 2.39. The molecule has 2 nitrogen and oxygen atoms in total. The van der Waals surface area contributed by atoms with Crippen LogP contribution in [0.1, 0.15) is 37.8 Å². The molecule has 0 radical (unpaired) electrons. The summed E-state index contributed by atoms with van der Waals surface area (Å²) < 4.78 is 6.34. The van der Waals surface area contributed by atoms with Crippen molar-refractivity contribution >= 4 is 21.9 Å². The molecule has 0 heterocycles. The van der Waals surface area contributed by atoms with Crippen LogP contribution in [0.4, 0.5) is 0 Å². The summed E-state index contributed by atoms with van der Waals surface area (Å²) in [7, 11) is 0. The molecule has 0 amide bonds. The lowest BCUT2D eigenvalue weighted by atomic mass is 9.70. The van der Waals surface area contributed by atoms with E-state index in [1.54, 1.807) is 0 Å². The number of halogens is 1. The Bertz CT molecular complexity index is 618. The third-order valence-electron chi connectivity index (χ3n) is 3.97. The van der Waals surface area contributed by atoms with Gasteiger partial charge in [0.15, 0.2) is 0 Å². The van der Waals surface area contributed by atoms with E-state index in [0.29, 0.717) is 6.61 Å². The molecule has 2 aromatic rings. The van der Waals surface area contributed by atoms with Crippen molar-refractivity contribution in [2.45, 2.75) is 32.1 Å². The standard InChI is InChI=1S/C19H21BrO2/c1-4-22-18(21)17(14-10-12-16(20)13-11-14)19(2,3)15-8-6-5-7-9-15/h5-13,17H,4H2,1-3H3/t17-/m0/s1.